The average molecular weight is 241 g/mol. The van der Waals surface area contributed by atoms with E-state index in [9.17, 15) is 5.11 Å². The average Bonchev–Trinajstić information content (AvgIpc) is 2.32. The maximum atomic E-state index is 9.21. The number of aromatic hydroxyl groups is 1. The molecule has 0 aliphatic rings. The molecule has 0 amide bonds. The Labute approximate surface area is 105 Å². The van der Waals surface area contributed by atoms with Crippen molar-refractivity contribution in [3.63, 3.8) is 0 Å². The zero-order valence-electron chi connectivity index (χ0n) is 9.34. The molecule has 0 fully saturated rings. The Balaban J connectivity index is 2.32. The molecule has 0 spiro atoms. The maximum Gasteiger partial charge on any atom is 0.115 e. The van der Waals surface area contributed by atoms with Gasteiger partial charge in [-0.1, -0.05) is 17.8 Å². The second-order valence-corrected chi connectivity index (χ2v) is 4.82. The van der Waals surface area contributed by atoms with E-state index in [1.54, 1.807) is 12.1 Å². The van der Waals surface area contributed by atoms with Gasteiger partial charge in [0.15, 0.2) is 0 Å². The second-order valence-electron chi connectivity index (χ2n) is 3.71. The van der Waals surface area contributed by atoms with Crippen LogP contribution in [0.25, 0.3) is 0 Å². The van der Waals surface area contributed by atoms with Gasteiger partial charge < -0.3 is 5.11 Å². The first kappa shape index (κ1) is 11.6. The smallest absolute Gasteiger partial charge is 0.115 e. The van der Waals surface area contributed by atoms with E-state index in [4.69, 9.17) is 5.26 Å². The molecule has 0 radical (unpaired) electrons. The summed E-state index contributed by atoms with van der Waals surface area (Å²) in [6, 6.07) is 14.9. The third kappa shape index (κ3) is 2.80. The number of hydrogen-bond acceptors (Lipinski definition) is 3. The highest BCUT2D eigenvalue weighted by atomic mass is 32.2. The number of hydrogen-bond donors (Lipinski definition) is 1. The highest BCUT2D eigenvalue weighted by molar-refractivity contribution is 7.99. The number of aryl methyl sites for hydroxylation is 1. The fourth-order valence-electron chi connectivity index (χ4n) is 1.45. The van der Waals surface area contributed by atoms with Gasteiger partial charge in [-0.3, -0.25) is 0 Å². The molecule has 0 aromatic heterocycles. The summed E-state index contributed by atoms with van der Waals surface area (Å²) in [6.07, 6.45) is 0. The number of phenols is 1. The molecule has 1 N–H and O–H groups in total. The third-order valence-electron chi connectivity index (χ3n) is 2.32. The molecule has 2 nitrogen and oxygen atoms in total. The van der Waals surface area contributed by atoms with Crippen LogP contribution in [0.3, 0.4) is 0 Å². The molecular formula is C14H11NOS. The zero-order valence-corrected chi connectivity index (χ0v) is 10.2. The standard InChI is InChI=1S/C14H11NOS/c1-10-2-3-11(9-15)14(8-10)17-13-6-4-12(16)5-7-13/h2-8,16H,1H3. The molecule has 2 aromatic rings. The van der Waals surface area contributed by atoms with Crippen LogP contribution in [0.2, 0.25) is 0 Å². The molecule has 0 saturated carbocycles. The van der Waals surface area contributed by atoms with E-state index >= 15 is 0 Å². The lowest BCUT2D eigenvalue weighted by atomic mass is 10.2. The van der Waals surface area contributed by atoms with Gasteiger partial charge in [-0.05, 0) is 48.9 Å². The van der Waals surface area contributed by atoms with Gasteiger partial charge >= 0.3 is 0 Å². The van der Waals surface area contributed by atoms with E-state index in [1.165, 1.54) is 11.8 Å². The number of rotatable bonds is 2. The van der Waals surface area contributed by atoms with Crippen molar-refractivity contribution in [2.24, 2.45) is 0 Å². The van der Waals surface area contributed by atoms with Crippen LogP contribution in [0.5, 0.6) is 5.75 Å². The van der Waals surface area contributed by atoms with Crippen molar-refractivity contribution in [3.8, 4) is 11.8 Å². The Bertz CT molecular complexity index is 570. The lowest BCUT2D eigenvalue weighted by molar-refractivity contribution is 0.475. The summed E-state index contributed by atoms with van der Waals surface area (Å²) in [5, 5.41) is 18.2. The predicted octanol–water partition coefficient (Wildman–Crippen LogP) is 3.72. The molecule has 17 heavy (non-hydrogen) atoms. The molecule has 0 saturated heterocycles. The summed E-state index contributed by atoms with van der Waals surface area (Å²) in [5.74, 6) is 0.249. The molecule has 2 aromatic carbocycles. The van der Waals surface area contributed by atoms with Gasteiger partial charge in [0.25, 0.3) is 0 Å². The summed E-state index contributed by atoms with van der Waals surface area (Å²) in [4.78, 5) is 1.95. The topological polar surface area (TPSA) is 44.0 Å². The minimum absolute atomic E-state index is 0.249. The molecule has 0 aliphatic heterocycles. The first-order valence-corrected chi connectivity index (χ1v) is 5.98. The van der Waals surface area contributed by atoms with Crippen LogP contribution >= 0.6 is 11.8 Å². The maximum absolute atomic E-state index is 9.21. The van der Waals surface area contributed by atoms with Gasteiger partial charge in [0.1, 0.15) is 11.8 Å². The van der Waals surface area contributed by atoms with E-state index in [0.717, 1.165) is 15.4 Å². The molecule has 0 unspecified atom stereocenters. The predicted molar refractivity (Wildman–Crippen MR) is 68.1 cm³/mol. The zero-order chi connectivity index (χ0) is 12.3. The Hall–Kier alpha value is -1.92. The molecular weight excluding hydrogens is 230 g/mol. The number of nitriles is 1. The summed E-state index contributed by atoms with van der Waals surface area (Å²) in [6.45, 7) is 2.00. The number of phenolic OH excluding ortho intramolecular Hbond substituents is 1. The van der Waals surface area contributed by atoms with Gasteiger partial charge in [0.05, 0.1) is 5.56 Å². The summed E-state index contributed by atoms with van der Waals surface area (Å²) >= 11 is 1.53. The third-order valence-corrected chi connectivity index (χ3v) is 3.39. The van der Waals surface area contributed by atoms with Crippen LogP contribution in [0, 0.1) is 18.3 Å². The SMILES string of the molecule is Cc1ccc(C#N)c(Sc2ccc(O)cc2)c1. The van der Waals surface area contributed by atoms with Crippen LogP contribution in [0.4, 0.5) is 0 Å². The van der Waals surface area contributed by atoms with Crippen molar-refractivity contribution in [1.82, 2.24) is 0 Å². The molecule has 0 aliphatic carbocycles. The van der Waals surface area contributed by atoms with Crippen molar-refractivity contribution in [2.45, 2.75) is 16.7 Å². The second kappa shape index (κ2) is 4.94. The summed E-state index contributed by atoms with van der Waals surface area (Å²) in [7, 11) is 0. The Morgan fingerprint density at radius 1 is 1.12 bits per heavy atom. The van der Waals surface area contributed by atoms with Crippen molar-refractivity contribution in [1.29, 1.82) is 5.26 Å². The minimum atomic E-state index is 0.249. The number of nitrogens with zero attached hydrogens (tertiary/aromatic N) is 1. The Morgan fingerprint density at radius 2 is 1.82 bits per heavy atom. The highest BCUT2D eigenvalue weighted by Crippen LogP contribution is 2.31. The molecule has 2 rings (SSSR count). The first-order valence-electron chi connectivity index (χ1n) is 5.16. The van der Waals surface area contributed by atoms with Crippen molar-refractivity contribution in [2.75, 3.05) is 0 Å². The lowest BCUT2D eigenvalue weighted by Crippen LogP contribution is -1.83. The summed E-state index contributed by atoms with van der Waals surface area (Å²) in [5.41, 5.74) is 1.80. The van der Waals surface area contributed by atoms with Crippen LogP contribution in [-0.4, -0.2) is 5.11 Å². The first-order chi connectivity index (χ1) is 8.19. The van der Waals surface area contributed by atoms with Gasteiger partial charge in [-0.2, -0.15) is 5.26 Å². The molecule has 3 heteroatoms. The van der Waals surface area contributed by atoms with Crippen LogP contribution in [0.15, 0.2) is 52.3 Å². The monoisotopic (exact) mass is 241 g/mol. The van der Waals surface area contributed by atoms with Gasteiger partial charge in [-0.15, -0.1) is 0 Å². The number of benzene rings is 2. The van der Waals surface area contributed by atoms with Gasteiger partial charge in [0, 0.05) is 9.79 Å². The Kier molecular flexibility index (Phi) is 3.36. The molecule has 0 atom stereocenters. The van der Waals surface area contributed by atoms with E-state index in [0.29, 0.717) is 5.56 Å². The van der Waals surface area contributed by atoms with Crippen LogP contribution in [-0.2, 0) is 0 Å². The fraction of sp³-hybridized carbons (Fsp3) is 0.0714. The van der Waals surface area contributed by atoms with Crippen LogP contribution < -0.4 is 0 Å². The van der Waals surface area contributed by atoms with E-state index in [-0.39, 0.29) is 5.75 Å². The quantitative estimate of drug-likeness (QED) is 0.871. The van der Waals surface area contributed by atoms with Gasteiger partial charge in [0.2, 0.25) is 0 Å². The lowest BCUT2D eigenvalue weighted by Gasteiger charge is -2.05. The largest absolute Gasteiger partial charge is 0.508 e. The highest BCUT2D eigenvalue weighted by Gasteiger charge is 2.04. The Morgan fingerprint density at radius 3 is 2.47 bits per heavy atom. The van der Waals surface area contributed by atoms with Crippen molar-refractivity contribution < 1.29 is 5.11 Å². The fourth-order valence-corrected chi connectivity index (χ4v) is 2.44. The van der Waals surface area contributed by atoms with Crippen LogP contribution in [0.1, 0.15) is 11.1 Å². The van der Waals surface area contributed by atoms with Crippen molar-refractivity contribution in [3.05, 3.63) is 53.6 Å². The molecule has 84 valence electrons. The van der Waals surface area contributed by atoms with E-state index in [1.807, 2.05) is 37.3 Å². The minimum Gasteiger partial charge on any atom is -0.508 e. The van der Waals surface area contributed by atoms with E-state index < -0.39 is 0 Å². The summed E-state index contributed by atoms with van der Waals surface area (Å²) < 4.78 is 0. The molecule has 0 heterocycles. The van der Waals surface area contributed by atoms with Gasteiger partial charge in [-0.25, -0.2) is 0 Å². The normalized spacial score (nSPS) is 9.88. The molecule has 0 bridgehead atoms. The van der Waals surface area contributed by atoms with Crippen molar-refractivity contribution >= 4 is 11.8 Å². The van der Waals surface area contributed by atoms with E-state index in [2.05, 4.69) is 6.07 Å².